The Hall–Kier alpha value is -1.05. The lowest BCUT2D eigenvalue weighted by Gasteiger charge is -2.36. The molecule has 4 nitrogen and oxygen atoms in total. The number of hydrogen-bond donors (Lipinski definition) is 1. The lowest BCUT2D eigenvalue weighted by atomic mass is 9.96. The molecule has 94 valence electrons. The zero-order valence-electron chi connectivity index (χ0n) is 10.3. The number of likely N-dealkylation sites (tertiary alicyclic amines) is 1. The van der Waals surface area contributed by atoms with Gasteiger partial charge in [0.25, 0.3) is 0 Å². The summed E-state index contributed by atoms with van der Waals surface area (Å²) >= 11 is 0. The monoisotopic (exact) mass is 235 g/mol. The molecular weight excluding hydrogens is 214 g/mol. The fourth-order valence-corrected chi connectivity index (χ4v) is 2.66. The molecule has 1 amide bonds. The summed E-state index contributed by atoms with van der Waals surface area (Å²) < 4.78 is 0. The third kappa shape index (κ3) is 3.45. The fraction of sp³-hybridized carbons (Fsp3) is 0.769. The molecule has 0 saturated carbocycles. The molecule has 2 heterocycles. The van der Waals surface area contributed by atoms with Crippen molar-refractivity contribution in [3.8, 4) is 12.3 Å². The molecule has 1 atom stereocenters. The third-order valence-electron chi connectivity index (χ3n) is 3.61. The number of rotatable bonds is 3. The minimum atomic E-state index is 0.222. The molecular formula is C13H21N3O. The maximum atomic E-state index is 11.6. The molecule has 0 aromatic heterocycles. The van der Waals surface area contributed by atoms with Gasteiger partial charge in [0, 0.05) is 45.7 Å². The maximum Gasteiger partial charge on any atom is 0.223 e. The number of piperazine rings is 1. The van der Waals surface area contributed by atoms with Crippen molar-refractivity contribution in [2.24, 2.45) is 5.92 Å². The summed E-state index contributed by atoms with van der Waals surface area (Å²) in [5.41, 5.74) is 0. The van der Waals surface area contributed by atoms with Crippen LogP contribution < -0.4 is 5.32 Å². The average Bonchev–Trinajstić information content (AvgIpc) is 2.35. The normalized spacial score (nSPS) is 26.9. The van der Waals surface area contributed by atoms with Crippen molar-refractivity contribution >= 4 is 5.91 Å². The topological polar surface area (TPSA) is 35.6 Å². The van der Waals surface area contributed by atoms with Crippen LogP contribution in [0.5, 0.6) is 0 Å². The second-order valence-electron chi connectivity index (χ2n) is 4.93. The predicted molar refractivity (Wildman–Crippen MR) is 67.4 cm³/mol. The molecule has 0 aliphatic carbocycles. The van der Waals surface area contributed by atoms with E-state index in [0.29, 0.717) is 18.9 Å². The van der Waals surface area contributed by atoms with Gasteiger partial charge in [-0.1, -0.05) is 5.92 Å². The van der Waals surface area contributed by atoms with Gasteiger partial charge in [-0.15, -0.1) is 6.42 Å². The van der Waals surface area contributed by atoms with Gasteiger partial charge in [-0.3, -0.25) is 4.79 Å². The lowest BCUT2D eigenvalue weighted by Crippen LogP contribution is -2.49. The van der Waals surface area contributed by atoms with Crippen LogP contribution in [0.15, 0.2) is 0 Å². The number of hydrogen-bond acceptors (Lipinski definition) is 3. The minimum Gasteiger partial charge on any atom is -0.331 e. The highest BCUT2D eigenvalue weighted by atomic mass is 16.2. The van der Waals surface area contributed by atoms with E-state index in [0.717, 1.165) is 45.7 Å². The zero-order valence-corrected chi connectivity index (χ0v) is 10.3. The Kier molecular flexibility index (Phi) is 4.41. The van der Waals surface area contributed by atoms with E-state index < -0.39 is 0 Å². The minimum absolute atomic E-state index is 0.222. The van der Waals surface area contributed by atoms with Gasteiger partial charge >= 0.3 is 0 Å². The van der Waals surface area contributed by atoms with E-state index in [2.05, 4.69) is 16.1 Å². The van der Waals surface area contributed by atoms with E-state index in [4.69, 9.17) is 6.42 Å². The van der Waals surface area contributed by atoms with Crippen molar-refractivity contribution in [3.63, 3.8) is 0 Å². The number of nitrogens with one attached hydrogen (secondary N) is 1. The Labute approximate surface area is 103 Å². The summed E-state index contributed by atoms with van der Waals surface area (Å²) in [5, 5.41) is 3.36. The highest BCUT2D eigenvalue weighted by Crippen LogP contribution is 2.18. The third-order valence-corrected chi connectivity index (χ3v) is 3.61. The summed E-state index contributed by atoms with van der Waals surface area (Å²) in [5.74, 6) is 3.39. The highest BCUT2D eigenvalue weighted by molar-refractivity contribution is 5.77. The molecule has 4 heteroatoms. The Morgan fingerprint density at radius 1 is 1.41 bits per heavy atom. The van der Waals surface area contributed by atoms with Crippen LogP contribution >= 0.6 is 0 Å². The second-order valence-corrected chi connectivity index (χ2v) is 4.93. The quantitative estimate of drug-likeness (QED) is 0.686. The van der Waals surface area contributed by atoms with E-state index in [1.807, 2.05) is 4.90 Å². The van der Waals surface area contributed by atoms with Gasteiger partial charge in [-0.05, 0) is 12.3 Å². The van der Waals surface area contributed by atoms with Crippen molar-refractivity contribution in [2.45, 2.75) is 12.8 Å². The van der Waals surface area contributed by atoms with Crippen LogP contribution in [0.25, 0.3) is 0 Å². The first-order valence-electron chi connectivity index (χ1n) is 6.44. The molecule has 0 bridgehead atoms. The second kappa shape index (κ2) is 6.04. The first-order valence-corrected chi connectivity index (χ1v) is 6.44. The van der Waals surface area contributed by atoms with E-state index in [-0.39, 0.29) is 5.91 Å². The van der Waals surface area contributed by atoms with E-state index >= 15 is 0 Å². The largest absolute Gasteiger partial charge is 0.331 e. The van der Waals surface area contributed by atoms with Gasteiger partial charge in [0.05, 0.1) is 6.54 Å². The summed E-state index contributed by atoms with van der Waals surface area (Å²) in [7, 11) is 0. The first-order chi connectivity index (χ1) is 8.29. The predicted octanol–water partition coefficient (Wildman–Crippen LogP) is -0.237. The van der Waals surface area contributed by atoms with Gasteiger partial charge in [0.15, 0.2) is 0 Å². The highest BCUT2D eigenvalue weighted by Gasteiger charge is 2.26. The van der Waals surface area contributed by atoms with Gasteiger partial charge in [-0.25, -0.2) is 0 Å². The van der Waals surface area contributed by atoms with Crippen molar-refractivity contribution in [1.82, 2.24) is 15.1 Å². The average molecular weight is 235 g/mol. The smallest absolute Gasteiger partial charge is 0.223 e. The molecule has 2 saturated heterocycles. The lowest BCUT2D eigenvalue weighted by molar-refractivity contribution is -0.134. The van der Waals surface area contributed by atoms with E-state index in [1.54, 1.807) is 0 Å². The molecule has 0 spiro atoms. The molecule has 2 aliphatic rings. The molecule has 1 N–H and O–H groups in total. The van der Waals surface area contributed by atoms with Gasteiger partial charge in [0.1, 0.15) is 0 Å². The Morgan fingerprint density at radius 3 is 2.88 bits per heavy atom. The first kappa shape index (κ1) is 12.4. The summed E-state index contributed by atoms with van der Waals surface area (Å²) in [4.78, 5) is 15.9. The number of amides is 1. The number of carbonyl (C=O) groups excluding carboxylic acids is 1. The van der Waals surface area contributed by atoms with Gasteiger partial charge in [-0.2, -0.15) is 0 Å². The summed E-state index contributed by atoms with van der Waals surface area (Å²) in [6, 6.07) is 0. The van der Waals surface area contributed by atoms with Gasteiger partial charge in [0.2, 0.25) is 5.91 Å². The number of piperidine rings is 1. The molecule has 0 aromatic rings. The molecule has 1 unspecified atom stereocenters. The van der Waals surface area contributed by atoms with Crippen molar-refractivity contribution in [1.29, 1.82) is 0 Å². The van der Waals surface area contributed by atoms with Crippen LogP contribution in [0.3, 0.4) is 0 Å². The van der Waals surface area contributed by atoms with Crippen LogP contribution in [-0.2, 0) is 4.79 Å². The summed E-state index contributed by atoms with van der Waals surface area (Å²) in [6.07, 6.45) is 6.97. The number of terminal acetylenes is 1. The number of carbonyl (C=O) groups is 1. The van der Waals surface area contributed by atoms with Crippen LogP contribution in [0, 0.1) is 18.3 Å². The van der Waals surface area contributed by atoms with Crippen molar-refractivity contribution < 1.29 is 4.79 Å². The van der Waals surface area contributed by atoms with E-state index in [9.17, 15) is 4.79 Å². The fourth-order valence-electron chi connectivity index (χ4n) is 2.66. The van der Waals surface area contributed by atoms with Crippen molar-refractivity contribution in [2.75, 3.05) is 45.8 Å². The molecule has 2 rings (SSSR count). The molecule has 2 aliphatic heterocycles. The molecule has 0 aromatic carbocycles. The Balaban J connectivity index is 1.81. The summed E-state index contributed by atoms with van der Waals surface area (Å²) in [6.45, 7) is 6.83. The molecule has 17 heavy (non-hydrogen) atoms. The maximum absolute atomic E-state index is 11.6. The number of nitrogens with zero attached hydrogens (tertiary/aromatic N) is 2. The Morgan fingerprint density at radius 2 is 2.18 bits per heavy atom. The standard InChI is InChI=1S/C13H21N3O/c1-2-7-16-11-12(3-4-13(16)17)10-15-8-5-14-6-9-15/h1,12,14H,3-11H2. The van der Waals surface area contributed by atoms with Crippen molar-refractivity contribution in [3.05, 3.63) is 0 Å². The van der Waals surface area contributed by atoms with Crippen LogP contribution in [0.4, 0.5) is 0 Å². The SMILES string of the molecule is C#CCN1CC(CN2CCNCC2)CCC1=O. The molecule has 2 fully saturated rings. The Bertz CT molecular complexity index is 304. The molecule has 0 radical (unpaired) electrons. The van der Waals surface area contributed by atoms with Crippen LogP contribution in [0.1, 0.15) is 12.8 Å². The zero-order chi connectivity index (χ0) is 12.1. The van der Waals surface area contributed by atoms with Crippen LogP contribution in [0.2, 0.25) is 0 Å². The van der Waals surface area contributed by atoms with Crippen LogP contribution in [-0.4, -0.2) is 61.5 Å². The van der Waals surface area contributed by atoms with Gasteiger partial charge < -0.3 is 15.1 Å². The van der Waals surface area contributed by atoms with E-state index in [1.165, 1.54) is 0 Å².